The van der Waals surface area contributed by atoms with Crippen LogP contribution in [-0.2, 0) is 11.8 Å². The molecular weight excluding hydrogens is 246 g/mol. The quantitative estimate of drug-likeness (QED) is 0.788. The molecule has 5 heteroatoms. The molecule has 1 aromatic carbocycles. The van der Waals surface area contributed by atoms with E-state index in [-0.39, 0.29) is 5.91 Å². The van der Waals surface area contributed by atoms with Gasteiger partial charge in [-0.2, -0.15) is 0 Å². The van der Waals surface area contributed by atoms with Gasteiger partial charge in [0, 0.05) is 12.5 Å². The summed E-state index contributed by atoms with van der Waals surface area (Å²) < 4.78 is 3.13. The number of para-hydroxylation sites is 1. The molecule has 4 nitrogen and oxygen atoms in total. The zero-order valence-corrected chi connectivity index (χ0v) is 11.8. The van der Waals surface area contributed by atoms with Gasteiger partial charge in [0.25, 0.3) is 0 Å². The van der Waals surface area contributed by atoms with Gasteiger partial charge in [-0.05, 0) is 12.1 Å². The molecule has 96 valence electrons. The summed E-state index contributed by atoms with van der Waals surface area (Å²) >= 11 is 1.56. The predicted octanol–water partition coefficient (Wildman–Crippen LogP) is 2.22. The second-order valence-electron chi connectivity index (χ2n) is 5.21. The second kappa shape index (κ2) is 4.57. The minimum Gasteiger partial charge on any atom is -0.318 e. The van der Waals surface area contributed by atoms with Crippen molar-refractivity contribution in [1.29, 1.82) is 0 Å². The van der Waals surface area contributed by atoms with Crippen LogP contribution in [0.25, 0.3) is 10.2 Å². The summed E-state index contributed by atoms with van der Waals surface area (Å²) in [7, 11) is 1.95. The van der Waals surface area contributed by atoms with Crippen LogP contribution in [0.1, 0.15) is 20.8 Å². The Hall–Kier alpha value is -1.62. The number of nitrogens with one attached hydrogen (secondary N) is 1. The Kier molecular flexibility index (Phi) is 3.26. The predicted molar refractivity (Wildman–Crippen MR) is 74.0 cm³/mol. The number of nitrogens with zero attached hydrogens (tertiary/aromatic N) is 2. The van der Waals surface area contributed by atoms with Crippen LogP contribution in [0.2, 0.25) is 0 Å². The first-order valence-electron chi connectivity index (χ1n) is 5.78. The molecular formula is C13H17N3OS. The van der Waals surface area contributed by atoms with Crippen LogP contribution in [0.5, 0.6) is 0 Å². The monoisotopic (exact) mass is 263 g/mol. The third-order valence-electron chi connectivity index (χ3n) is 2.65. The maximum atomic E-state index is 11.8. The molecule has 1 amide bonds. The Balaban J connectivity index is 2.37. The molecule has 0 aliphatic heterocycles. The number of carbonyl (C=O) groups is 1. The maximum absolute atomic E-state index is 11.8. The lowest BCUT2D eigenvalue weighted by Crippen LogP contribution is -2.33. The van der Waals surface area contributed by atoms with Crippen molar-refractivity contribution in [1.82, 2.24) is 9.99 Å². The van der Waals surface area contributed by atoms with Crippen LogP contribution in [-0.4, -0.2) is 10.5 Å². The number of carbonyl (C=O) groups excluding carboxylic acids is 1. The molecule has 1 heterocycles. The Labute approximate surface area is 110 Å². The number of hydrogen-bond acceptors (Lipinski definition) is 3. The smallest absolute Gasteiger partial charge is 0.245 e. The number of fused-ring (bicyclic) bond motifs is 1. The zero-order chi connectivity index (χ0) is 13.3. The summed E-state index contributed by atoms with van der Waals surface area (Å²) in [5.41, 5.74) is 3.30. The molecule has 1 aromatic heterocycles. The van der Waals surface area contributed by atoms with Gasteiger partial charge in [0.15, 0.2) is 0 Å². The molecule has 2 aromatic rings. The Morgan fingerprint density at radius 3 is 2.61 bits per heavy atom. The molecule has 1 N–H and O–H groups in total. The second-order valence-corrected chi connectivity index (χ2v) is 6.22. The molecule has 0 aliphatic rings. The van der Waals surface area contributed by atoms with Crippen molar-refractivity contribution < 1.29 is 4.79 Å². The van der Waals surface area contributed by atoms with E-state index in [1.165, 1.54) is 0 Å². The fraction of sp³-hybridized carbons (Fsp3) is 0.385. The molecule has 0 fully saturated rings. The lowest BCUT2D eigenvalue weighted by atomic mass is 9.96. The molecule has 0 atom stereocenters. The summed E-state index contributed by atoms with van der Waals surface area (Å²) in [6.07, 6.45) is 0. The Morgan fingerprint density at radius 1 is 1.33 bits per heavy atom. The van der Waals surface area contributed by atoms with E-state index in [1.807, 2.05) is 56.7 Å². The fourth-order valence-electron chi connectivity index (χ4n) is 1.45. The van der Waals surface area contributed by atoms with Gasteiger partial charge in [-0.3, -0.25) is 4.79 Å². The van der Waals surface area contributed by atoms with E-state index in [4.69, 9.17) is 0 Å². The third kappa shape index (κ3) is 2.46. The van der Waals surface area contributed by atoms with Gasteiger partial charge < -0.3 is 4.57 Å². The highest BCUT2D eigenvalue weighted by molar-refractivity contribution is 7.16. The molecule has 0 aliphatic carbocycles. The lowest BCUT2D eigenvalue weighted by Gasteiger charge is -2.14. The highest BCUT2D eigenvalue weighted by Crippen LogP contribution is 2.15. The summed E-state index contributed by atoms with van der Waals surface area (Å²) in [5.74, 6) is -0.0834. The molecule has 18 heavy (non-hydrogen) atoms. The summed E-state index contributed by atoms with van der Waals surface area (Å²) in [5, 5.41) is 4.19. The van der Waals surface area contributed by atoms with Crippen LogP contribution in [0.4, 0.5) is 0 Å². The number of rotatable bonds is 1. The Morgan fingerprint density at radius 2 is 2.00 bits per heavy atom. The number of aromatic nitrogens is 1. The summed E-state index contributed by atoms with van der Waals surface area (Å²) in [6, 6.07) is 8.07. The van der Waals surface area contributed by atoms with E-state index in [9.17, 15) is 4.79 Å². The van der Waals surface area contributed by atoms with Gasteiger partial charge in [0.05, 0.1) is 10.2 Å². The number of thiazole rings is 1. The van der Waals surface area contributed by atoms with Crippen molar-refractivity contribution in [3.05, 3.63) is 29.1 Å². The van der Waals surface area contributed by atoms with Crippen LogP contribution in [0, 0.1) is 5.41 Å². The number of benzene rings is 1. The molecule has 2 rings (SSSR count). The molecule has 0 unspecified atom stereocenters. The first-order chi connectivity index (χ1) is 8.39. The fourth-order valence-corrected chi connectivity index (χ4v) is 2.43. The number of amides is 1. The van der Waals surface area contributed by atoms with Crippen molar-refractivity contribution in [3.63, 3.8) is 0 Å². The minimum absolute atomic E-state index is 0.0834. The summed E-state index contributed by atoms with van der Waals surface area (Å²) in [6.45, 7) is 5.59. The number of hydrogen-bond donors (Lipinski definition) is 1. The molecule has 0 radical (unpaired) electrons. The molecule has 0 spiro atoms. The van der Waals surface area contributed by atoms with Crippen LogP contribution in [0.3, 0.4) is 0 Å². The molecule has 0 saturated heterocycles. The minimum atomic E-state index is -0.432. The SMILES string of the molecule is Cn1/c(=N\NC(=O)C(C)(C)C)sc2ccccc21. The zero-order valence-electron chi connectivity index (χ0n) is 11.0. The van der Waals surface area contributed by atoms with Crippen molar-refractivity contribution in [3.8, 4) is 0 Å². The van der Waals surface area contributed by atoms with E-state index in [0.717, 1.165) is 15.0 Å². The number of aryl methyl sites for hydroxylation is 1. The average molecular weight is 263 g/mol. The highest BCUT2D eigenvalue weighted by atomic mass is 32.1. The summed E-state index contributed by atoms with van der Waals surface area (Å²) in [4.78, 5) is 12.5. The first kappa shape index (κ1) is 12.8. The normalized spacial score (nSPS) is 13.0. The van der Waals surface area contributed by atoms with E-state index >= 15 is 0 Å². The standard InChI is InChI=1S/C13H17N3OS/c1-13(2,3)11(17)14-15-12-16(4)9-7-5-6-8-10(9)18-12/h5-8H,1-4H3,(H,14,17)/b15-12+. The van der Waals surface area contributed by atoms with E-state index in [0.29, 0.717) is 0 Å². The molecule has 0 bridgehead atoms. The van der Waals surface area contributed by atoms with Crippen molar-refractivity contribution in [2.45, 2.75) is 20.8 Å². The van der Waals surface area contributed by atoms with Gasteiger partial charge >= 0.3 is 0 Å². The van der Waals surface area contributed by atoms with Gasteiger partial charge in [-0.15, -0.1) is 5.10 Å². The van der Waals surface area contributed by atoms with E-state index in [2.05, 4.69) is 10.5 Å². The van der Waals surface area contributed by atoms with Crippen LogP contribution >= 0.6 is 11.3 Å². The van der Waals surface area contributed by atoms with Crippen molar-refractivity contribution in [2.24, 2.45) is 17.6 Å². The van der Waals surface area contributed by atoms with Crippen molar-refractivity contribution in [2.75, 3.05) is 0 Å². The van der Waals surface area contributed by atoms with Gasteiger partial charge in [0.1, 0.15) is 0 Å². The van der Waals surface area contributed by atoms with Gasteiger partial charge in [0.2, 0.25) is 10.7 Å². The topological polar surface area (TPSA) is 46.4 Å². The maximum Gasteiger partial charge on any atom is 0.245 e. The van der Waals surface area contributed by atoms with E-state index in [1.54, 1.807) is 11.3 Å². The van der Waals surface area contributed by atoms with Gasteiger partial charge in [-0.1, -0.05) is 44.2 Å². The van der Waals surface area contributed by atoms with Crippen LogP contribution < -0.4 is 10.2 Å². The molecule has 0 saturated carbocycles. The van der Waals surface area contributed by atoms with Crippen molar-refractivity contribution >= 4 is 27.5 Å². The lowest BCUT2D eigenvalue weighted by molar-refractivity contribution is -0.128. The first-order valence-corrected chi connectivity index (χ1v) is 6.60. The average Bonchev–Trinajstić information content (AvgIpc) is 2.63. The highest BCUT2D eigenvalue weighted by Gasteiger charge is 2.20. The van der Waals surface area contributed by atoms with Gasteiger partial charge in [-0.25, -0.2) is 5.43 Å². The Bertz CT molecular complexity index is 646. The third-order valence-corrected chi connectivity index (χ3v) is 3.76. The largest absolute Gasteiger partial charge is 0.318 e. The van der Waals surface area contributed by atoms with E-state index < -0.39 is 5.41 Å². The van der Waals surface area contributed by atoms with Crippen LogP contribution in [0.15, 0.2) is 29.4 Å².